The second kappa shape index (κ2) is 6.69. The molecule has 1 atom stereocenters. The number of thiophene rings is 1. The van der Waals surface area contributed by atoms with Crippen molar-refractivity contribution in [3.05, 3.63) is 28.5 Å². The highest BCUT2D eigenvalue weighted by Gasteiger charge is 2.13. The van der Waals surface area contributed by atoms with Gasteiger partial charge in [0.05, 0.1) is 6.61 Å². The zero-order chi connectivity index (χ0) is 11.9. The van der Waals surface area contributed by atoms with Gasteiger partial charge in [-0.25, -0.2) is 0 Å². The van der Waals surface area contributed by atoms with Gasteiger partial charge in [0.2, 0.25) is 0 Å². The number of hydrogen-bond donors (Lipinski definition) is 0. The van der Waals surface area contributed by atoms with Crippen LogP contribution in [0.5, 0.6) is 0 Å². The molecule has 0 aromatic carbocycles. The van der Waals surface area contributed by atoms with Gasteiger partial charge in [0.15, 0.2) is 12.6 Å². The number of carbonyl (C=O) groups excluding carboxylic acids is 1. The number of carbonyl (C=O) groups is 1. The van der Waals surface area contributed by atoms with Gasteiger partial charge in [0.1, 0.15) is 0 Å². The van der Waals surface area contributed by atoms with E-state index in [9.17, 15) is 4.79 Å². The second-order valence-electron chi connectivity index (χ2n) is 3.88. The summed E-state index contributed by atoms with van der Waals surface area (Å²) in [5.41, 5.74) is 0.691. The first-order valence-electron chi connectivity index (χ1n) is 5.82. The Balaban J connectivity index is 1.83. The monoisotopic (exact) mass is 252 g/mol. The zero-order valence-electron chi connectivity index (χ0n) is 9.63. The summed E-state index contributed by atoms with van der Waals surface area (Å²) in [7, 11) is 0. The summed E-state index contributed by atoms with van der Waals surface area (Å²) < 4.78 is 11.0. The Morgan fingerprint density at radius 3 is 3.18 bits per heavy atom. The highest BCUT2D eigenvalue weighted by Crippen LogP contribution is 2.19. The molecule has 4 heteroatoms. The summed E-state index contributed by atoms with van der Waals surface area (Å²) in [6.45, 7) is 1.20. The predicted molar refractivity (Wildman–Crippen MR) is 67.9 cm³/mol. The van der Waals surface area contributed by atoms with Crippen LogP contribution >= 0.6 is 11.3 Å². The van der Waals surface area contributed by atoms with E-state index in [1.165, 1.54) is 0 Å². The van der Waals surface area contributed by atoms with Gasteiger partial charge in [-0.2, -0.15) is 0 Å². The summed E-state index contributed by atoms with van der Waals surface area (Å²) in [5.74, 6) is 0. The molecule has 0 radical (unpaired) electrons. The molecule has 0 N–H and O–H groups in total. The van der Waals surface area contributed by atoms with Crippen molar-refractivity contribution in [2.45, 2.75) is 25.6 Å². The third-order valence-electron chi connectivity index (χ3n) is 2.66. The first-order chi connectivity index (χ1) is 8.40. The Morgan fingerprint density at radius 2 is 2.53 bits per heavy atom. The number of hydrogen-bond acceptors (Lipinski definition) is 4. The van der Waals surface area contributed by atoms with Gasteiger partial charge in [-0.1, -0.05) is 6.07 Å². The molecule has 1 aliphatic rings. The van der Waals surface area contributed by atoms with E-state index in [1.807, 2.05) is 23.6 Å². The largest absolute Gasteiger partial charge is 0.353 e. The van der Waals surface area contributed by atoms with Crippen LogP contribution < -0.4 is 0 Å². The fourth-order valence-corrected chi connectivity index (χ4v) is 2.47. The maximum absolute atomic E-state index is 10.9. The minimum Gasteiger partial charge on any atom is -0.353 e. The molecule has 1 aliphatic heterocycles. The Bertz CT molecular complexity index is 364. The Hall–Kier alpha value is -0.970. The molecule has 1 saturated heterocycles. The molecular weight excluding hydrogens is 236 g/mol. The number of aldehydes is 1. The first-order valence-corrected chi connectivity index (χ1v) is 6.70. The lowest BCUT2D eigenvalue weighted by Crippen LogP contribution is -2.22. The number of ether oxygens (including phenoxy) is 2. The summed E-state index contributed by atoms with van der Waals surface area (Å²) in [6, 6.07) is 3.87. The minimum atomic E-state index is -0.101. The molecule has 0 amide bonds. The van der Waals surface area contributed by atoms with E-state index in [0.29, 0.717) is 12.2 Å². The lowest BCUT2D eigenvalue weighted by molar-refractivity contribution is -0.155. The van der Waals surface area contributed by atoms with Crippen molar-refractivity contribution in [2.24, 2.45) is 0 Å². The molecule has 1 aromatic heterocycles. The maximum atomic E-state index is 10.9. The topological polar surface area (TPSA) is 35.5 Å². The highest BCUT2D eigenvalue weighted by molar-refractivity contribution is 7.11. The molecule has 1 unspecified atom stereocenters. The molecule has 0 bridgehead atoms. The summed E-state index contributed by atoms with van der Waals surface area (Å²) >= 11 is 1.56. The fourth-order valence-electron chi connectivity index (χ4n) is 1.74. The maximum Gasteiger partial charge on any atom is 0.157 e. The second-order valence-corrected chi connectivity index (χ2v) is 4.83. The average molecular weight is 252 g/mol. The van der Waals surface area contributed by atoms with Gasteiger partial charge >= 0.3 is 0 Å². The van der Waals surface area contributed by atoms with Crippen LogP contribution in [0.25, 0.3) is 5.57 Å². The Morgan fingerprint density at radius 1 is 1.59 bits per heavy atom. The van der Waals surface area contributed by atoms with Crippen LogP contribution in [0.4, 0.5) is 0 Å². The van der Waals surface area contributed by atoms with E-state index in [2.05, 4.69) is 0 Å². The molecule has 1 fully saturated rings. The van der Waals surface area contributed by atoms with Gasteiger partial charge < -0.3 is 9.47 Å². The van der Waals surface area contributed by atoms with Crippen LogP contribution in [-0.4, -0.2) is 25.8 Å². The van der Waals surface area contributed by atoms with Gasteiger partial charge in [-0.3, -0.25) is 4.79 Å². The van der Waals surface area contributed by atoms with Gasteiger partial charge in [0, 0.05) is 17.1 Å². The van der Waals surface area contributed by atoms with Gasteiger partial charge in [-0.15, -0.1) is 11.3 Å². The molecule has 2 rings (SSSR count). The summed E-state index contributed by atoms with van der Waals surface area (Å²) in [4.78, 5) is 11.9. The van der Waals surface area contributed by atoms with E-state index < -0.39 is 0 Å². The van der Waals surface area contributed by atoms with E-state index in [4.69, 9.17) is 9.47 Å². The van der Waals surface area contributed by atoms with E-state index in [0.717, 1.165) is 37.0 Å². The van der Waals surface area contributed by atoms with Gasteiger partial charge in [0.25, 0.3) is 0 Å². The molecule has 2 heterocycles. The van der Waals surface area contributed by atoms with Crippen LogP contribution in [0.15, 0.2) is 23.6 Å². The molecule has 0 spiro atoms. The van der Waals surface area contributed by atoms with Crippen molar-refractivity contribution in [3.8, 4) is 0 Å². The third kappa shape index (κ3) is 3.77. The summed E-state index contributed by atoms with van der Waals surface area (Å²) in [5, 5.41) is 1.96. The lowest BCUT2D eigenvalue weighted by Gasteiger charge is -2.21. The number of rotatable bonds is 5. The molecule has 1 aromatic rings. The quantitative estimate of drug-likeness (QED) is 0.597. The normalized spacial score (nSPS) is 21.4. The van der Waals surface area contributed by atoms with Crippen molar-refractivity contribution in [1.82, 2.24) is 0 Å². The molecular formula is C13H16O3S. The SMILES string of the molecule is O=C/C(=C/COC1CCCCO1)c1cccs1. The first kappa shape index (κ1) is 12.5. The highest BCUT2D eigenvalue weighted by atomic mass is 32.1. The minimum absolute atomic E-state index is 0.101. The molecule has 92 valence electrons. The fraction of sp³-hybridized carbons (Fsp3) is 0.462. The van der Waals surface area contributed by atoms with Crippen molar-refractivity contribution in [1.29, 1.82) is 0 Å². The lowest BCUT2D eigenvalue weighted by atomic mass is 10.2. The Labute approximate surface area is 105 Å². The molecule has 3 nitrogen and oxygen atoms in total. The van der Waals surface area contributed by atoms with Crippen molar-refractivity contribution in [2.75, 3.05) is 13.2 Å². The van der Waals surface area contributed by atoms with Crippen molar-refractivity contribution < 1.29 is 14.3 Å². The zero-order valence-corrected chi connectivity index (χ0v) is 10.4. The van der Waals surface area contributed by atoms with Crippen LogP contribution in [0.1, 0.15) is 24.1 Å². The van der Waals surface area contributed by atoms with Crippen LogP contribution in [-0.2, 0) is 14.3 Å². The van der Waals surface area contributed by atoms with Crippen LogP contribution in [0.3, 0.4) is 0 Å². The predicted octanol–water partition coefficient (Wildman–Crippen LogP) is 2.87. The van der Waals surface area contributed by atoms with Crippen LogP contribution in [0, 0.1) is 0 Å². The molecule has 0 saturated carbocycles. The van der Waals surface area contributed by atoms with Crippen molar-refractivity contribution in [3.63, 3.8) is 0 Å². The number of allylic oxidation sites excluding steroid dienone is 1. The van der Waals surface area contributed by atoms with Crippen LogP contribution in [0.2, 0.25) is 0 Å². The van der Waals surface area contributed by atoms with E-state index in [-0.39, 0.29) is 6.29 Å². The van der Waals surface area contributed by atoms with E-state index >= 15 is 0 Å². The van der Waals surface area contributed by atoms with Gasteiger partial charge in [-0.05, 0) is 36.8 Å². The van der Waals surface area contributed by atoms with E-state index in [1.54, 1.807) is 11.3 Å². The molecule has 17 heavy (non-hydrogen) atoms. The Kier molecular flexibility index (Phi) is 4.91. The summed E-state index contributed by atoms with van der Waals surface area (Å²) in [6.07, 6.45) is 5.80. The smallest absolute Gasteiger partial charge is 0.157 e. The standard InChI is InChI=1S/C13H16O3S/c14-10-11(12-4-3-9-17-12)6-8-16-13-5-1-2-7-15-13/h3-4,6,9-10,13H,1-2,5,7-8H2/b11-6-. The molecule has 0 aliphatic carbocycles. The average Bonchev–Trinajstić information content (AvgIpc) is 2.90. The third-order valence-corrected chi connectivity index (χ3v) is 3.57. The van der Waals surface area contributed by atoms with Crippen molar-refractivity contribution >= 4 is 23.2 Å².